The second kappa shape index (κ2) is 4.82. The van der Waals surface area contributed by atoms with Gasteiger partial charge in [0.2, 0.25) is 5.75 Å². The lowest BCUT2D eigenvalue weighted by Gasteiger charge is -2.21. The van der Waals surface area contributed by atoms with E-state index >= 15 is 0 Å². The van der Waals surface area contributed by atoms with Gasteiger partial charge in [-0.3, -0.25) is 0 Å². The van der Waals surface area contributed by atoms with Gasteiger partial charge in [-0.15, -0.1) is 0 Å². The highest BCUT2D eigenvalue weighted by molar-refractivity contribution is 5.68. The van der Waals surface area contributed by atoms with E-state index in [2.05, 4.69) is 0 Å². The first-order valence-corrected chi connectivity index (χ1v) is 5.03. The van der Waals surface area contributed by atoms with Gasteiger partial charge in [0.15, 0.2) is 18.1 Å². The Morgan fingerprint density at radius 2 is 2.18 bits per heavy atom. The molecule has 1 aliphatic heterocycles. The van der Waals surface area contributed by atoms with Crippen molar-refractivity contribution in [2.45, 2.75) is 0 Å². The lowest BCUT2D eigenvalue weighted by molar-refractivity contribution is -0.139. The fourth-order valence-corrected chi connectivity index (χ4v) is 1.48. The minimum absolute atomic E-state index is 0.369. The molecule has 0 atom stereocenters. The number of rotatable bonds is 4. The summed E-state index contributed by atoms with van der Waals surface area (Å²) in [5.74, 6) is 0.798. The Kier molecular flexibility index (Phi) is 3.22. The van der Waals surface area contributed by atoms with Gasteiger partial charge in [0.1, 0.15) is 19.0 Å². The number of benzene rings is 1. The summed E-state index contributed by atoms with van der Waals surface area (Å²) in [6.45, 7) is 0.486. The van der Waals surface area contributed by atoms with Crippen LogP contribution in [-0.4, -0.2) is 38.0 Å². The fourth-order valence-electron chi connectivity index (χ4n) is 1.48. The van der Waals surface area contributed by atoms with E-state index in [0.717, 1.165) is 0 Å². The van der Waals surface area contributed by atoms with Gasteiger partial charge in [-0.05, 0) is 0 Å². The predicted octanol–water partition coefficient (Wildman–Crippen LogP) is 0.930. The van der Waals surface area contributed by atoms with Gasteiger partial charge in [-0.1, -0.05) is 0 Å². The number of hydrogen-bond acceptors (Lipinski definition) is 5. The highest BCUT2D eigenvalue weighted by Crippen LogP contribution is 2.42. The zero-order valence-electron chi connectivity index (χ0n) is 9.26. The molecule has 17 heavy (non-hydrogen) atoms. The van der Waals surface area contributed by atoms with Crippen LogP contribution in [0.2, 0.25) is 0 Å². The Bertz CT molecular complexity index is 411. The Morgan fingerprint density at radius 1 is 1.41 bits per heavy atom. The monoisotopic (exact) mass is 240 g/mol. The summed E-state index contributed by atoms with van der Waals surface area (Å²) in [6, 6.07) is 3.15. The number of ether oxygens (including phenoxy) is 4. The zero-order valence-corrected chi connectivity index (χ0v) is 9.26. The molecule has 0 bridgehead atoms. The molecule has 6 nitrogen and oxygen atoms in total. The molecule has 0 saturated heterocycles. The average molecular weight is 240 g/mol. The van der Waals surface area contributed by atoms with Crippen LogP contribution >= 0.6 is 0 Å². The van der Waals surface area contributed by atoms with E-state index in [1.165, 1.54) is 7.11 Å². The fraction of sp³-hybridized carbons (Fsp3) is 0.364. The van der Waals surface area contributed by atoms with Gasteiger partial charge in [-0.25, -0.2) is 4.79 Å². The smallest absolute Gasteiger partial charge is 0.341 e. The van der Waals surface area contributed by atoms with Gasteiger partial charge in [0, 0.05) is 12.1 Å². The summed E-state index contributed by atoms with van der Waals surface area (Å²) in [5, 5.41) is 8.53. The van der Waals surface area contributed by atoms with Crippen molar-refractivity contribution in [1.29, 1.82) is 0 Å². The molecule has 0 aliphatic carbocycles. The van der Waals surface area contributed by atoms with E-state index in [-0.39, 0.29) is 0 Å². The van der Waals surface area contributed by atoms with Crippen molar-refractivity contribution < 1.29 is 28.8 Å². The number of methoxy groups -OCH3 is 1. The first kappa shape index (κ1) is 11.4. The molecule has 1 aliphatic rings. The first-order chi connectivity index (χ1) is 8.20. The van der Waals surface area contributed by atoms with E-state index in [1.807, 2.05) is 0 Å². The first-order valence-electron chi connectivity index (χ1n) is 5.03. The maximum absolute atomic E-state index is 10.4. The molecular formula is C11H12O6. The van der Waals surface area contributed by atoms with Crippen LogP contribution in [0.3, 0.4) is 0 Å². The summed E-state index contributed by atoms with van der Waals surface area (Å²) >= 11 is 0. The molecular weight excluding hydrogens is 228 g/mol. The number of aliphatic carboxylic acids is 1. The van der Waals surface area contributed by atoms with Crippen molar-refractivity contribution in [3.63, 3.8) is 0 Å². The normalized spacial score (nSPS) is 13.0. The van der Waals surface area contributed by atoms with Crippen LogP contribution in [0.1, 0.15) is 0 Å². The number of carbonyl (C=O) groups is 1. The number of hydrogen-bond donors (Lipinski definition) is 1. The van der Waals surface area contributed by atoms with Gasteiger partial charge in [0.25, 0.3) is 0 Å². The van der Waals surface area contributed by atoms with Crippen molar-refractivity contribution in [3.05, 3.63) is 12.1 Å². The molecule has 1 aromatic rings. The molecule has 0 aromatic heterocycles. The van der Waals surface area contributed by atoms with Crippen LogP contribution in [0, 0.1) is 0 Å². The SMILES string of the molecule is COc1cc(OCC(=O)O)cc2c1OCCO2. The van der Waals surface area contributed by atoms with Gasteiger partial charge >= 0.3 is 5.97 Å². The minimum atomic E-state index is -1.04. The number of fused-ring (bicyclic) bond motifs is 1. The van der Waals surface area contributed by atoms with Crippen LogP contribution in [-0.2, 0) is 4.79 Å². The van der Waals surface area contributed by atoms with Crippen LogP contribution in [0.4, 0.5) is 0 Å². The summed E-state index contributed by atoms with van der Waals surface area (Å²) in [5.41, 5.74) is 0. The number of carboxylic acids is 1. The maximum Gasteiger partial charge on any atom is 0.341 e. The Balaban J connectivity index is 2.26. The molecule has 92 valence electrons. The van der Waals surface area contributed by atoms with Gasteiger partial charge < -0.3 is 24.1 Å². The van der Waals surface area contributed by atoms with Crippen LogP contribution < -0.4 is 18.9 Å². The summed E-state index contributed by atoms with van der Waals surface area (Å²) in [6.07, 6.45) is 0. The quantitative estimate of drug-likeness (QED) is 0.843. The standard InChI is InChI=1S/C11H12O6/c1-14-8-4-7(17-6-10(12)13)5-9-11(8)16-3-2-15-9/h4-5H,2-3,6H2,1H3,(H,12,13). The third-order valence-electron chi connectivity index (χ3n) is 2.16. The molecule has 2 rings (SSSR count). The lowest BCUT2D eigenvalue weighted by Crippen LogP contribution is -2.16. The van der Waals surface area contributed by atoms with Crippen LogP contribution in [0.5, 0.6) is 23.0 Å². The van der Waals surface area contributed by atoms with E-state index in [4.69, 9.17) is 24.1 Å². The summed E-state index contributed by atoms with van der Waals surface area (Å²) < 4.78 is 21.0. The molecule has 0 radical (unpaired) electrons. The zero-order chi connectivity index (χ0) is 12.3. The molecule has 0 spiro atoms. The van der Waals surface area contributed by atoms with Crippen molar-refractivity contribution in [1.82, 2.24) is 0 Å². The topological polar surface area (TPSA) is 74.2 Å². The van der Waals surface area contributed by atoms with E-state index < -0.39 is 12.6 Å². The molecule has 1 heterocycles. The molecule has 0 saturated carbocycles. The molecule has 0 fully saturated rings. The van der Waals surface area contributed by atoms with E-state index in [1.54, 1.807) is 12.1 Å². The summed E-state index contributed by atoms with van der Waals surface area (Å²) in [4.78, 5) is 10.4. The van der Waals surface area contributed by atoms with Gasteiger partial charge in [-0.2, -0.15) is 0 Å². The van der Waals surface area contributed by atoms with Crippen LogP contribution in [0.15, 0.2) is 12.1 Å². The third-order valence-corrected chi connectivity index (χ3v) is 2.16. The molecule has 1 aromatic carbocycles. The van der Waals surface area contributed by atoms with Crippen molar-refractivity contribution in [2.75, 3.05) is 26.9 Å². The minimum Gasteiger partial charge on any atom is -0.493 e. The predicted molar refractivity (Wildman–Crippen MR) is 57.1 cm³/mol. The van der Waals surface area contributed by atoms with Gasteiger partial charge in [0.05, 0.1) is 7.11 Å². The molecule has 1 N–H and O–H groups in total. The lowest BCUT2D eigenvalue weighted by atomic mass is 10.2. The van der Waals surface area contributed by atoms with Crippen molar-refractivity contribution in [2.24, 2.45) is 0 Å². The molecule has 6 heteroatoms. The van der Waals surface area contributed by atoms with E-state index in [0.29, 0.717) is 36.2 Å². The molecule has 0 unspecified atom stereocenters. The highest BCUT2D eigenvalue weighted by atomic mass is 16.6. The maximum atomic E-state index is 10.4. The second-order valence-electron chi connectivity index (χ2n) is 3.33. The Morgan fingerprint density at radius 3 is 2.88 bits per heavy atom. The molecule has 0 amide bonds. The Labute approximate surface area is 97.7 Å². The van der Waals surface area contributed by atoms with Crippen molar-refractivity contribution in [3.8, 4) is 23.0 Å². The van der Waals surface area contributed by atoms with Crippen molar-refractivity contribution >= 4 is 5.97 Å². The Hall–Kier alpha value is -2.11. The largest absolute Gasteiger partial charge is 0.493 e. The number of carboxylic acid groups (broad SMARTS) is 1. The average Bonchev–Trinajstić information content (AvgIpc) is 2.35. The third kappa shape index (κ3) is 2.52. The summed E-state index contributed by atoms with van der Waals surface area (Å²) in [7, 11) is 1.49. The highest BCUT2D eigenvalue weighted by Gasteiger charge is 2.19. The second-order valence-corrected chi connectivity index (χ2v) is 3.33. The van der Waals surface area contributed by atoms with E-state index in [9.17, 15) is 4.79 Å². The van der Waals surface area contributed by atoms with Crippen LogP contribution in [0.25, 0.3) is 0 Å².